The number of nitrogens with one attached hydrogen (secondary N) is 1. The summed E-state index contributed by atoms with van der Waals surface area (Å²) in [5, 5.41) is 5.30. The predicted molar refractivity (Wildman–Crippen MR) is 71.0 cm³/mol. The molecule has 16 heavy (non-hydrogen) atoms. The van der Waals surface area contributed by atoms with Crippen LogP contribution in [-0.2, 0) is 11.3 Å². The van der Waals surface area contributed by atoms with Crippen LogP contribution in [0, 0.1) is 0 Å². The normalized spacial score (nSPS) is 22.5. The second-order valence-electron chi connectivity index (χ2n) is 3.98. The molecule has 0 amide bonds. The zero-order valence-electron chi connectivity index (χ0n) is 9.41. The summed E-state index contributed by atoms with van der Waals surface area (Å²) < 4.78 is 6.92. The van der Waals surface area contributed by atoms with Crippen molar-refractivity contribution in [3.8, 4) is 0 Å². The first-order valence-electron chi connectivity index (χ1n) is 5.50. The molecule has 1 saturated heterocycles. The minimum atomic E-state index is 0.331. The third-order valence-corrected chi connectivity index (χ3v) is 4.62. The molecule has 0 aromatic carbocycles. The van der Waals surface area contributed by atoms with Gasteiger partial charge in [-0.3, -0.25) is 4.90 Å². The molecule has 0 spiro atoms. The van der Waals surface area contributed by atoms with Crippen LogP contribution >= 0.6 is 27.3 Å². The molecule has 0 radical (unpaired) electrons. The van der Waals surface area contributed by atoms with Crippen molar-refractivity contribution in [3.63, 3.8) is 0 Å². The standard InChI is InChI=1S/C11H17BrN2OS/c1-13-6-9-7-14(3-4-15-9)8-11-10(12)2-5-16-11/h2,5,9,13H,3-4,6-8H2,1H3. The summed E-state index contributed by atoms with van der Waals surface area (Å²) in [6.45, 7) is 4.86. The van der Waals surface area contributed by atoms with Gasteiger partial charge in [-0.2, -0.15) is 0 Å². The Bertz CT molecular complexity index is 330. The van der Waals surface area contributed by atoms with Crippen LogP contribution in [0.15, 0.2) is 15.9 Å². The number of thiophene rings is 1. The van der Waals surface area contributed by atoms with Crippen LogP contribution in [-0.4, -0.2) is 44.3 Å². The van der Waals surface area contributed by atoms with Crippen LogP contribution in [0.2, 0.25) is 0 Å². The van der Waals surface area contributed by atoms with Crippen molar-refractivity contribution >= 4 is 27.3 Å². The lowest BCUT2D eigenvalue weighted by molar-refractivity contribution is -0.0288. The van der Waals surface area contributed by atoms with E-state index in [1.54, 1.807) is 0 Å². The summed E-state index contributed by atoms with van der Waals surface area (Å²) in [6, 6.07) is 2.12. The molecular weight excluding hydrogens is 288 g/mol. The number of nitrogens with zero attached hydrogens (tertiary/aromatic N) is 1. The molecule has 1 fully saturated rings. The number of ether oxygens (including phenoxy) is 1. The third kappa shape index (κ3) is 3.28. The first kappa shape index (κ1) is 12.5. The lowest BCUT2D eigenvalue weighted by Crippen LogP contribution is -2.45. The fraction of sp³-hybridized carbons (Fsp3) is 0.636. The summed E-state index contributed by atoms with van der Waals surface area (Å²) in [7, 11) is 1.97. The minimum absolute atomic E-state index is 0.331. The molecule has 1 aromatic heterocycles. The zero-order chi connectivity index (χ0) is 11.4. The molecule has 1 atom stereocenters. The van der Waals surface area contributed by atoms with Crippen molar-refractivity contribution < 1.29 is 4.74 Å². The Balaban J connectivity index is 1.88. The summed E-state index contributed by atoms with van der Waals surface area (Å²) in [5.74, 6) is 0. The molecule has 1 unspecified atom stereocenters. The highest BCUT2D eigenvalue weighted by atomic mass is 79.9. The maximum Gasteiger partial charge on any atom is 0.0826 e. The van der Waals surface area contributed by atoms with Crippen molar-refractivity contribution in [3.05, 3.63) is 20.8 Å². The van der Waals surface area contributed by atoms with Crippen molar-refractivity contribution in [1.29, 1.82) is 0 Å². The minimum Gasteiger partial charge on any atom is -0.374 e. The van der Waals surface area contributed by atoms with Crippen LogP contribution in [0.1, 0.15) is 4.88 Å². The Morgan fingerprint density at radius 3 is 3.25 bits per heavy atom. The van der Waals surface area contributed by atoms with E-state index in [1.165, 1.54) is 9.35 Å². The van der Waals surface area contributed by atoms with E-state index in [1.807, 2.05) is 18.4 Å². The third-order valence-electron chi connectivity index (χ3n) is 2.71. The van der Waals surface area contributed by atoms with Crippen LogP contribution in [0.25, 0.3) is 0 Å². The molecule has 1 aromatic rings. The second kappa shape index (κ2) is 6.12. The van der Waals surface area contributed by atoms with Crippen LogP contribution in [0.4, 0.5) is 0 Å². The molecule has 1 N–H and O–H groups in total. The Morgan fingerprint density at radius 2 is 2.56 bits per heavy atom. The average molecular weight is 305 g/mol. The largest absolute Gasteiger partial charge is 0.374 e. The van der Waals surface area contributed by atoms with E-state index in [-0.39, 0.29) is 0 Å². The summed E-state index contributed by atoms with van der Waals surface area (Å²) in [4.78, 5) is 3.87. The molecule has 1 aliphatic heterocycles. The molecule has 0 saturated carbocycles. The molecular formula is C11H17BrN2OS. The van der Waals surface area contributed by atoms with Gasteiger partial charge in [0.05, 0.1) is 12.7 Å². The van der Waals surface area contributed by atoms with Crippen LogP contribution in [0.3, 0.4) is 0 Å². The number of hydrogen-bond donors (Lipinski definition) is 1. The van der Waals surface area contributed by atoms with Gasteiger partial charge in [0.15, 0.2) is 0 Å². The van der Waals surface area contributed by atoms with E-state index < -0.39 is 0 Å². The van der Waals surface area contributed by atoms with E-state index in [2.05, 4.69) is 37.6 Å². The number of rotatable bonds is 4. The fourth-order valence-electron chi connectivity index (χ4n) is 1.92. The molecule has 1 aliphatic rings. The quantitative estimate of drug-likeness (QED) is 0.920. The van der Waals surface area contributed by atoms with E-state index in [4.69, 9.17) is 4.74 Å². The van der Waals surface area contributed by atoms with E-state index in [9.17, 15) is 0 Å². The Labute approximate surface area is 109 Å². The monoisotopic (exact) mass is 304 g/mol. The number of morpholine rings is 1. The van der Waals surface area contributed by atoms with Gasteiger partial charge in [-0.15, -0.1) is 11.3 Å². The molecule has 0 aliphatic carbocycles. The highest BCUT2D eigenvalue weighted by molar-refractivity contribution is 9.10. The lowest BCUT2D eigenvalue weighted by Gasteiger charge is -2.32. The number of likely N-dealkylation sites (N-methyl/N-ethyl adjacent to an activating group) is 1. The van der Waals surface area contributed by atoms with Gasteiger partial charge in [0.1, 0.15) is 0 Å². The molecule has 5 heteroatoms. The van der Waals surface area contributed by atoms with Gasteiger partial charge in [-0.25, -0.2) is 0 Å². The Hall–Kier alpha value is 0.0600. The van der Waals surface area contributed by atoms with E-state index in [0.717, 1.165) is 32.8 Å². The van der Waals surface area contributed by atoms with Crippen LogP contribution < -0.4 is 5.32 Å². The van der Waals surface area contributed by atoms with Gasteiger partial charge in [0, 0.05) is 35.5 Å². The highest BCUT2D eigenvalue weighted by Gasteiger charge is 2.20. The van der Waals surface area contributed by atoms with Gasteiger partial charge in [0.2, 0.25) is 0 Å². The zero-order valence-corrected chi connectivity index (χ0v) is 11.8. The van der Waals surface area contributed by atoms with Crippen LogP contribution in [0.5, 0.6) is 0 Å². The van der Waals surface area contributed by atoms with Gasteiger partial charge >= 0.3 is 0 Å². The van der Waals surface area contributed by atoms with E-state index in [0.29, 0.717) is 6.10 Å². The summed E-state index contributed by atoms with van der Waals surface area (Å²) in [6.07, 6.45) is 0.331. The van der Waals surface area contributed by atoms with Crippen molar-refractivity contribution in [2.24, 2.45) is 0 Å². The second-order valence-corrected chi connectivity index (χ2v) is 5.83. The Kier molecular flexibility index (Phi) is 4.79. The number of hydrogen-bond acceptors (Lipinski definition) is 4. The van der Waals surface area contributed by atoms with E-state index >= 15 is 0 Å². The van der Waals surface area contributed by atoms with Crippen molar-refractivity contribution in [2.75, 3.05) is 33.3 Å². The van der Waals surface area contributed by atoms with Gasteiger partial charge < -0.3 is 10.1 Å². The van der Waals surface area contributed by atoms with Gasteiger partial charge in [-0.05, 0) is 34.4 Å². The number of halogens is 1. The van der Waals surface area contributed by atoms with Crippen molar-refractivity contribution in [1.82, 2.24) is 10.2 Å². The molecule has 0 bridgehead atoms. The average Bonchev–Trinajstić information content (AvgIpc) is 2.66. The summed E-state index contributed by atoms with van der Waals surface area (Å²) >= 11 is 5.39. The molecule has 3 nitrogen and oxygen atoms in total. The van der Waals surface area contributed by atoms with Gasteiger partial charge in [-0.1, -0.05) is 0 Å². The Morgan fingerprint density at radius 1 is 1.69 bits per heavy atom. The molecule has 2 heterocycles. The summed E-state index contributed by atoms with van der Waals surface area (Å²) in [5.41, 5.74) is 0. The smallest absolute Gasteiger partial charge is 0.0826 e. The molecule has 90 valence electrons. The maximum absolute atomic E-state index is 5.69. The van der Waals surface area contributed by atoms with Crippen molar-refractivity contribution in [2.45, 2.75) is 12.6 Å². The lowest BCUT2D eigenvalue weighted by atomic mass is 10.2. The predicted octanol–water partition coefficient (Wildman–Crippen LogP) is 1.93. The molecule has 2 rings (SSSR count). The highest BCUT2D eigenvalue weighted by Crippen LogP contribution is 2.24. The SMILES string of the molecule is CNCC1CN(Cc2sccc2Br)CCO1. The first-order chi connectivity index (χ1) is 7.79. The maximum atomic E-state index is 5.69. The first-order valence-corrected chi connectivity index (χ1v) is 7.17. The topological polar surface area (TPSA) is 24.5 Å². The fourth-order valence-corrected chi connectivity index (χ4v) is 3.44. The van der Waals surface area contributed by atoms with Gasteiger partial charge in [0.25, 0.3) is 0 Å².